The van der Waals surface area contributed by atoms with Crippen LogP contribution < -0.4 is 0 Å². The Morgan fingerprint density at radius 1 is 1.33 bits per heavy atom. The summed E-state index contributed by atoms with van der Waals surface area (Å²) in [5.41, 5.74) is 0.0763. The van der Waals surface area contributed by atoms with Crippen LogP contribution in [0.25, 0.3) is 0 Å². The van der Waals surface area contributed by atoms with Crippen LogP contribution in [0, 0.1) is 0 Å². The highest BCUT2D eigenvalue weighted by Gasteiger charge is 2.14. The average Bonchev–Trinajstić information content (AvgIpc) is 2.33. The molecule has 0 aliphatic heterocycles. The molecular formula is C7H6O5. The second-order valence-corrected chi connectivity index (χ2v) is 2.19. The number of carboxylic acid groups (broad SMARTS) is 2. The van der Waals surface area contributed by atoms with Crippen LogP contribution in [0.3, 0.4) is 0 Å². The predicted molar refractivity (Wildman–Crippen MR) is 37.0 cm³/mol. The van der Waals surface area contributed by atoms with Gasteiger partial charge in [-0.1, -0.05) is 0 Å². The van der Waals surface area contributed by atoms with E-state index in [-0.39, 0.29) is 17.5 Å². The van der Waals surface area contributed by atoms with Crippen LogP contribution in [0.15, 0.2) is 16.9 Å². The molecule has 1 rings (SSSR count). The van der Waals surface area contributed by atoms with E-state index in [1.165, 1.54) is 0 Å². The van der Waals surface area contributed by atoms with Gasteiger partial charge in [-0.05, 0) is 0 Å². The lowest BCUT2D eigenvalue weighted by Gasteiger charge is -1.91. The third-order valence-electron chi connectivity index (χ3n) is 1.31. The Kier molecular flexibility index (Phi) is 2.14. The van der Waals surface area contributed by atoms with Gasteiger partial charge in [-0.25, -0.2) is 4.79 Å². The molecular weight excluding hydrogens is 164 g/mol. The summed E-state index contributed by atoms with van der Waals surface area (Å²) in [7, 11) is 0. The molecule has 0 unspecified atom stereocenters. The fourth-order valence-electron chi connectivity index (χ4n) is 0.811. The Hall–Kier alpha value is -1.78. The van der Waals surface area contributed by atoms with Crippen LogP contribution in [-0.2, 0) is 11.2 Å². The fourth-order valence-corrected chi connectivity index (χ4v) is 0.811. The molecule has 0 bridgehead atoms. The number of carbonyl (C=O) groups is 2. The van der Waals surface area contributed by atoms with Crippen molar-refractivity contribution in [2.75, 3.05) is 0 Å². The molecule has 0 aliphatic rings. The number of carboxylic acids is 2. The molecule has 5 heteroatoms. The Morgan fingerprint density at radius 2 is 2.00 bits per heavy atom. The van der Waals surface area contributed by atoms with Crippen molar-refractivity contribution in [3.63, 3.8) is 0 Å². The van der Waals surface area contributed by atoms with Gasteiger partial charge in [-0.15, -0.1) is 0 Å². The van der Waals surface area contributed by atoms with E-state index in [0.717, 1.165) is 12.5 Å². The zero-order valence-electron chi connectivity index (χ0n) is 5.98. The zero-order valence-corrected chi connectivity index (χ0v) is 5.98. The minimum Gasteiger partial charge on any atom is -0.481 e. The van der Waals surface area contributed by atoms with E-state index in [4.69, 9.17) is 10.2 Å². The molecule has 0 saturated carbocycles. The molecule has 0 spiro atoms. The summed E-state index contributed by atoms with van der Waals surface area (Å²) in [6.45, 7) is 0. The van der Waals surface area contributed by atoms with Crippen molar-refractivity contribution in [1.82, 2.24) is 0 Å². The normalized spacial score (nSPS) is 9.67. The Bertz CT molecular complexity index is 311. The first-order valence-corrected chi connectivity index (χ1v) is 3.11. The monoisotopic (exact) mass is 170 g/mol. The van der Waals surface area contributed by atoms with Gasteiger partial charge < -0.3 is 14.6 Å². The van der Waals surface area contributed by atoms with Crippen LogP contribution in [0.2, 0.25) is 0 Å². The van der Waals surface area contributed by atoms with Crippen molar-refractivity contribution in [2.24, 2.45) is 0 Å². The van der Waals surface area contributed by atoms with Crippen LogP contribution >= 0.6 is 0 Å². The summed E-state index contributed by atoms with van der Waals surface area (Å²) in [5.74, 6) is -2.26. The van der Waals surface area contributed by atoms with Crippen molar-refractivity contribution in [3.05, 3.63) is 23.7 Å². The molecule has 1 aromatic heterocycles. The van der Waals surface area contributed by atoms with Crippen molar-refractivity contribution >= 4 is 11.9 Å². The highest BCUT2D eigenvalue weighted by Crippen LogP contribution is 2.10. The van der Waals surface area contributed by atoms with Gasteiger partial charge in [0.15, 0.2) is 0 Å². The predicted octanol–water partition coefficient (Wildman–Crippen LogP) is 0.605. The Morgan fingerprint density at radius 3 is 2.50 bits per heavy atom. The summed E-state index contributed by atoms with van der Waals surface area (Å²) in [4.78, 5) is 20.6. The van der Waals surface area contributed by atoms with Crippen molar-refractivity contribution < 1.29 is 24.2 Å². The molecule has 0 fully saturated rings. The van der Waals surface area contributed by atoms with E-state index in [1.807, 2.05) is 0 Å². The standard InChI is InChI=1S/C7H6O5/c8-6(9)1-4-2-12-3-5(4)7(10)11/h2-3H,1H2,(H,8,9)(H,10,11). The summed E-state index contributed by atoms with van der Waals surface area (Å²) < 4.78 is 4.56. The molecule has 2 N–H and O–H groups in total. The third kappa shape index (κ3) is 1.63. The maximum atomic E-state index is 10.4. The number of aliphatic carboxylic acids is 1. The number of rotatable bonds is 3. The van der Waals surface area contributed by atoms with Crippen molar-refractivity contribution in [2.45, 2.75) is 6.42 Å². The molecule has 12 heavy (non-hydrogen) atoms. The number of furan rings is 1. The lowest BCUT2D eigenvalue weighted by atomic mass is 10.1. The highest BCUT2D eigenvalue weighted by atomic mass is 16.4. The quantitative estimate of drug-likeness (QED) is 0.693. The summed E-state index contributed by atoms with van der Waals surface area (Å²) in [6.07, 6.45) is 1.80. The fraction of sp³-hybridized carbons (Fsp3) is 0.143. The largest absolute Gasteiger partial charge is 0.481 e. The van der Waals surface area contributed by atoms with E-state index in [9.17, 15) is 9.59 Å². The molecule has 0 saturated heterocycles. The topological polar surface area (TPSA) is 87.7 Å². The molecule has 1 heterocycles. The molecule has 5 nitrogen and oxygen atoms in total. The third-order valence-corrected chi connectivity index (χ3v) is 1.31. The van der Waals surface area contributed by atoms with E-state index in [2.05, 4.69) is 4.42 Å². The molecule has 64 valence electrons. The van der Waals surface area contributed by atoms with Gasteiger partial charge >= 0.3 is 11.9 Å². The van der Waals surface area contributed by atoms with Gasteiger partial charge in [-0.3, -0.25) is 4.79 Å². The summed E-state index contributed by atoms with van der Waals surface area (Å²) in [6, 6.07) is 0. The van der Waals surface area contributed by atoms with Gasteiger partial charge in [0.2, 0.25) is 0 Å². The first-order chi connectivity index (χ1) is 5.61. The molecule has 0 amide bonds. The van der Waals surface area contributed by atoms with E-state index in [0.29, 0.717) is 0 Å². The molecule has 0 aromatic carbocycles. The Balaban J connectivity index is 2.91. The lowest BCUT2D eigenvalue weighted by molar-refractivity contribution is -0.136. The van der Waals surface area contributed by atoms with Crippen LogP contribution in [0.1, 0.15) is 15.9 Å². The summed E-state index contributed by atoms with van der Waals surface area (Å²) >= 11 is 0. The van der Waals surface area contributed by atoms with Gasteiger partial charge in [0.05, 0.1) is 12.7 Å². The van der Waals surface area contributed by atoms with Crippen LogP contribution in [-0.4, -0.2) is 22.2 Å². The smallest absolute Gasteiger partial charge is 0.339 e. The van der Waals surface area contributed by atoms with E-state index < -0.39 is 11.9 Å². The average molecular weight is 170 g/mol. The first-order valence-electron chi connectivity index (χ1n) is 3.11. The highest BCUT2D eigenvalue weighted by molar-refractivity contribution is 5.90. The van der Waals surface area contributed by atoms with E-state index >= 15 is 0 Å². The maximum absolute atomic E-state index is 10.4. The summed E-state index contributed by atoms with van der Waals surface area (Å²) in [5, 5.41) is 16.9. The number of hydrogen-bond donors (Lipinski definition) is 2. The second-order valence-electron chi connectivity index (χ2n) is 2.19. The molecule has 0 radical (unpaired) electrons. The maximum Gasteiger partial charge on any atom is 0.339 e. The van der Waals surface area contributed by atoms with Crippen molar-refractivity contribution in [3.8, 4) is 0 Å². The first kappa shape index (κ1) is 8.32. The zero-order chi connectivity index (χ0) is 9.14. The lowest BCUT2D eigenvalue weighted by Crippen LogP contribution is -2.04. The SMILES string of the molecule is O=C(O)Cc1cocc1C(=O)O. The minimum absolute atomic E-state index is 0.0996. The molecule has 0 atom stereocenters. The van der Waals surface area contributed by atoms with Crippen LogP contribution in [0.5, 0.6) is 0 Å². The Labute approximate surface area is 67.2 Å². The second kappa shape index (κ2) is 3.08. The minimum atomic E-state index is -1.18. The van der Waals surface area contributed by atoms with Crippen molar-refractivity contribution in [1.29, 1.82) is 0 Å². The van der Waals surface area contributed by atoms with E-state index in [1.54, 1.807) is 0 Å². The molecule has 0 aliphatic carbocycles. The molecule has 1 aromatic rings. The van der Waals surface area contributed by atoms with Crippen LogP contribution in [0.4, 0.5) is 0 Å². The number of hydrogen-bond acceptors (Lipinski definition) is 3. The van der Waals surface area contributed by atoms with Gasteiger partial charge in [0.25, 0.3) is 0 Å². The van der Waals surface area contributed by atoms with Gasteiger partial charge in [-0.2, -0.15) is 0 Å². The van der Waals surface area contributed by atoms with Gasteiger partial charge in [0.1, 0.15) is 11.8 Å². The van der Waals surface area contributed by atoms with Gasteiger partial charge in [0, 0.05) is 5.56 Å². The number of aromatic carboxylic acids is 1.